The van der Waals surface area contributed by atoms with Crippen LogP contribution in [0.4, 0.5) is 8.78 Å². The number of hydrogen-bond acceptors (Lipinski definition) is 5. The van der Waals surface area contributed by atoms with Crippen LogP contribution in [0.3, 0.4) is 0 Å². The molecular formula is C26H25F2N5O2. The van der Waals surface area contributed by atoms with Gasteiger partial charge in [0.15, 0.2) is 23.2 Å². The summed E-state index contributed by atoms with van der Waals surface area (Å²) >= 11 is 0. The quantitative estimate of drug-likeness (QED) is 0.424. The summed E-state index contributed by atoms with van der Waals surface area (Å²) in [6, 6.07) is 9.87. The van der Waals surface area contributed by atoms with Crippen LogP contribution < -0.4 is 5.32 Å². The van der Waals surface area contributed by atoms with E-state index in [9.17, 15) is 18.7 Å². The molecule has 180 valence electrons. The lowest BCUT2D eigenvalue weighted by Crippen LogP contribution is -2.31. The number of phenolic OH excluding ortho intramolecular Hbond substituents is 1. The van der Waals surface area contributed by atoms with Crippen LogP contribution in [-0.2, 0) is 0 Å². The van der Waals surface area contributed by atoms with Gasteiger partial charge in [0.25, 0.3) is 5.91 Å². The van der Waals surface area contributed by atoms with Gasteiger partial charge in [0, 0.05) is 41.1 Å². The number of benzene rings is 2. The van der Waals surface area contributed by atoms with Gasteiger partial charge in [-0.3, -0.25) is 9.48 Å². The Morgan fingerprint density at radius 1 is 1.11 bits per heavy atom. The summed E-state index contributed by atoms with van der Waals surface area (Å²) in [4.78, 5) is 21.1. The van der Waals surface area contributed by atoms with E-state index in [2.05, 4.69) is 21.5 Å². The fourth-order valence-electron chi connectivity index (χ4n) is 4.60. The predicted octanol–water partition coefficient (Wildman–Crippen LogP) is 4.95. The highest BCUT2D eigenvalue weighted by atomic mass is 19.1. The van der Waals surface area contributed by atoms with Crippen LogP contribution in [-0.4, -0.2) is 37.3 Å². The molecule has 9 heteroatoms. The van der Waals surface area contributed by atoms with Crippen molar-refractivity contribution < 1.29 is 18.7 Å². The fraction of sp³-hybridized carbons (Fsp3) is 0.308. The first-order valence-electron chi connectivity index (χ1n) is 11.6. The molecule has 2 aromatic carbocycles. The third kappa shape index (κ3) is 4.84. The first-order chi connectivity index (χ1) is 16.9. The van der Waals surface area contributed by atoms with Crippen LogP contribution in [0.5, 0.6) is 5.75 Å². The molecular weight excluding hydrogens is 452 g/mol. The Kier molecular flexibility index (Phi) is 6.15. The topological polar surface area (TPSA) is 92.9 Å². The van der Waals surface area contributed by atoms with Gasteiger partial charge in [0.2, 0.25) is 0 Å². The maximum atomic E-state index is 13.5. The number of fused-ring (bicyclic) bond motifs is 1. The van der Waals surface area contributed by atoms with E-state index < -0.39 is 23.3 Å². The zero-order chi connectivity index (χ0) is 24.5. The van der Waals surface area contributed by atoms with Gasteiger partial charge >= 0.3 is 0 Å². The third-order valence-corrected chi connectivity index (χ3v) is 6.60. The molecule has 0 radical (unpaired) electrons. The predicted molar refractivity (Wildman–Crippen MR) is 127 cm³/mol. The number of halogens is 2. The number of carbonyl (C=O) groups is 1. The summed E-state index contributed by atoms with van der Waals surface area (Å²) in [6.07, 6.45) is 7.47. The largest absolute Gasteiger partial charge is 0.503 e. The molecule has 0 unspecified atom stereocenters. The molecule has 1 fully saturated rings. The van der Waals surface area contributed by atoms with Gasteiger partial charge in [0.05, 0.1) is 11.6 Å². The molecule has 2 N–H and O–H groups in total. The Morgan fingerprint density at radius 3 is 2.57 bits per heavy atom. The van der Waals surface area contributed by atoms with Crippen molar-refractivity contribution in [1.82, 2.24) is 25.1 Å². The third-order valence-electron chi connectivity index (χ3n) is 6.60. The van der Waals surface area contributed by atoms with Gasteiger partial charge in [-0.1, -0.05) is 12.1 Å². The van der Waals surface area contributed by atoms with E-state index in [1.165, 1.54) is 0 Å². The number of carbonyl (C=O) groups excluding carboxylic acids is 1. The maximum absolute atomic E-state index is 13.5. The minimum atomic E-state index is -1.15. The van der Waals surface area contributed by atoms with Crippen LogP contribution in [0, 0.1) is 24.5 Å². The highest BCUT2D eigenvalue weighted by molar-refractivity contribution is 5.94. The van der Waals surface area contributed by atoms with Crippen LogP contribution in [0.15, 0.2) is 48.8 Å². The lowest BCUT2D eigenvalue weighted by molar-refractivity contribution is 0.0940. The summed E-state index contributed by atoms with van der Waals surface area (Å²) in [5.74, 6) is -2.98. The molecule has 5 rings (SSSR count). The summed E-state index contributed by atoms with van der Waals surface area (Å²) in [5.41, 5.74) is 2.59. The number of amides is 1. The average molecular weight is 478 g/mol. The van der Waals surface area contributed by atoms with E-state index in [1.807, 2.05) is 35.9 Å². The molecule has 4 aromatic rings. The Balaban J connectivity index is 1.19. The van der Waals surface area contributed by atoms with Crippen LogP contribution in [0.1, 0.15) is 47.8 Å². The fourth-order valence-corrected chi connectivity index (χ4v) is 4.60. The molecule has 0 aliphatic heterocycles. The van der Waals surface area contributed by atoms with Crippen molar-refractivity contribution in [2.45, 2.75) is 38.6 Å². The standard InChI is InChI=1S/C26H25F2N5O2/c1-15-8-9-29-25(31-15)17-4-5-18-14-33(32-23(18)12-17)20-6-2-16(3-7-20)13-30-26(35)19-10-21(27)24(34)22(28)11-19/h4-5,8-12,14,16,20,34H,2-3,6-7,13H2,1H3,(H,30,35)/t16-,20-. The first-order valence-corrected chi connectivity index (χ1v) is 11.6. The minimum absolute atomic E-state index is 0.148. The van der Waals surface area contributed by atoms with Gasteiger partial charge in [-0.05, 0) is 62.8 Å². The molecule has 35 heavy (non-hydrogen) atoms. The first kappa shape index (κ1) is 22.9. The number of nitrogens with one attached hydrogen (secondary N) is 1. The molecule has 0 bridgehead atoms. The van der Waals surface area contributed by atoms with Gasteiger partial charge < -0.3 is 10.4 Å². The van der Waals surface area contributed by atoms with Crippen molar-refractivity contribution in [3.8, 4) is 17.1 Å². The second-order valence-corrected chi connectivity index (χ2v) is 9.08. The number of rotatable bonds is 5. The number of phenols is 1. The zero-order valence-electron chi connectivity index (χ0n) is 19.2. The number of aromatic hydroxyl groups is 1. The molecule has 1 amide bonds. The average Bonchev–Trinajstić information content (AvgIpc) is 3.29. The van der Waals surface area contributed by atoms with E-state index >= 15 is 0 Å². The van der Waals surface area contributed by atoms with E-state index in [-0.39, 0.29) is 17.5 Å². The maximum Gasteiger partial charge on any atom is 0.251 e. The van der Waals surface area contributed by atoms with E-state index in [4.69, 9.17) is 5.10 Å². The lowest BCUT2D eigenvalue weighted by Gasteiger charge is -2.28. The molecule has 7 nitrogen and oxygen atoms in total. The number of nitrogens with zero attached hydrogens (tertiary/aromatic N) is 4. The SMILES string of the molecule is Cc1ccnc(-c2ccc3cn([C@H]4CC[C@H](CNC(=O)c5cc(F)c(O)c(F)c5)CC4)nc3c2)n1. The summed E-state index contributed by atoms with van der Waals surface area (Å²) in [6.45, 7) is 2.36. The summed E-state index contributed by atoms with van der Waals surface area (Å²) < 4.78 is 29.1. The molecule has 0 saturated heterocycles. The van der Waals surface area contributed by atoms with Gasteiger partial charge in [0.1, 0.15) is 0 Å². The number of aryl methyl sites for hydroxylation is 1. The molecule has 1 aliphatic carbocycles. The van der Waals surface area contributed by atoms with Crippen molar-refractivity contribution in [2.75, 3.05) is 6.54 Å². The Bertz CT molecular complexity index is 1370. The highest BCUT2D eigenvalue weighted by Crippen LogP contribution is 2.33. The van der Waals surface area contributed by atoms with Gasteiger partial charge in [-0.2, -0.15) is 5.10 Å². The smallest absolute Gasteiger partial charge is 0.251 e. The number of aromatic nitrogens is 4. The molecule has 2 aromatic heterocycles. The molecule has 0 spiro atoms. The summed E-state index contributed by atoms with van der Waals surface area (Å²) in [5, 5.41) is 17.8. The number of hydrogen-bond donors (Lipinski definition) is 2. The van der Waals surface area contributed by atoms with E-state index in [0.29, 0.717) is 12.4 Å². The van der Waals surface area contributed by atoms with Crippen molar-refractivity contribution in [3.05, 3.63) is 71.7 Å². The van der Waals surface area contributed by atoms with E-state index in [1.54, 1.807) is 6.20 Å². The molecule has 1 saturated carbocycles. The minimum Gasteiger partial charge on any atom is -0.503 e. The Hall–Kier alpha value is -3.88. The molecule has 1 aliphatic rings. The van der Waals surface area contributed by atoms with Crippen molar-refractivity contribution >= 4 is 16.8 Å². The van der Waals surface area contributed by atoms with Crippen LogP contribution >= 0.6 is 0 Å². The lowest BCUT2D eigenvalue weighted by atomic mass is 9.86. The monoisotopic (exact) mass is 477 g/mol. The van der Waals surface area contributed by atoms with Crippen molar-refractivity contribution in [1.29, 1.82) is 0 Å². The molecule has 0 atom stereocenters. The van der Waals surface area contributed by atoms with Crippen molar-refractivity contribution in [2.24, 2.45) is 5.92 Å². The highest BCUT2D eigenvalue weighted by Gasteiger charge is 2.24. The summed E-state index contributed by atoms with van der Waals surface area (Å²) in [7, 11) is 0. The van der Waals surface area contributed by atoms with Gasteiger partial charge in [-0.15, -0.1) is 0 Å². The van der Waals surface area contributed by atoms with Crippen LogP contribution in [0.25, 0.3) is 22.3 Å². The second-order valence-electron chi connectivity index (χ2n) is 9.08. The Morgan fingerprint density at radius 2 is 1.86 bits per heavy atom. The van der Waals surface area contributed by atoms with Gasteiger partial charge in [-0.25, -0.2) is 18.7 Å². The van der Waals surface area contributed by atoms with Crippen molar-refractivity contribution in [3.63, 3.8) is 0 Å². The Labute approximate surface area is 200 Å². The normalized spacial score (nSPS) is 18.0. The van der Waals surface area contributed by atoms with Crippen LogP contribution in [0.2, 0.25) is 0 Å². The second kappa shape index (κ2) is 9.40. The zero-order valence-corrected chi connectivity index (χ0v) is 19.2. The molecule has 2 heterocycles. The van der Waals surface area contributed by atoms with E-state index in [0.717, 1.165) is 60.0 Å².